The van der Waals surface area contributed by atoms with Gasteiger partial charge in [-0.15, -0.1) is 0 Å². The Kier molecular flexibility index (Phi) is 5.77. The number of aliphatic hydroxyl groups excluding tert-OH is 1. The second-order valence-electron chi connectivity index (χ2n) is 3.78. The maximum absolute atomic E-state index is 12.6. The molecule has 0 bridgehead atoms. The van der Waals surface area contributed by atoms with Gasteiger partial charge in [0.05, 0.1) is 6.10 Å². The van der Waals surface area contributed by atoms with Crippen LogP contribution in [0.25, 0.3) is 0 Å². The highest BCUT2D eigenvalue weighted by Crippen LogP contribution is 2.13. The van der Waals surface area contributed by atoms with Gasteiger partial charge < -0.3 is 9.84 Å². The maximum Gasteiger partial charge on any atom is 0.123 e. The Balaban J connectivity index is 2.26. The van der Waals surface area contributed by atoms with Crippen LogP contribution in [0.2, 0.25) is 0 Å². The number of benzene rings is 1. The molecule has 1 rings (SSSR count). The van der Waals surface area contributed by atoms with Gasteiger partial charge in [0.1, 0.15) is 18.2 Å². The lowest BCUT2D eigenvalue weighted by molar-refractivity contribution is 0.0984. The number of alkyl halides is 1. The second kappa shape index (κ2) is 6.86. The highest BCUT2D eigenvalue weighted by atomic mass is 79.9. The molecule has 0 radical (unpaired) electrons. The van der Waals surface area contributed by atoms with Crippen LogP contribution in [0.3, 0.4) is 0 Å². The molecule has 1 N–H and O–H groups in total. The van der Waals surface area contributed by atoms with Crippen molar-refractivity contribution in [1.82, 2.24) is 0 Å². The third kappa shape index (κ3) is 5.47. The van der Waals surface area contributed by atoms with Gasteiger partial charge in [-0.25, -0.2) is 4.39 Å². The summed E-state index contributed by atoms with van der Waals surface area (Å²) >= 11 is 3.41. The Morgan fingerprint density at radius 3 is 2.50 bits per heavy atom. The molecule has 0 spiro atoms. The Hall–Kier alpha value is -0.610. The Bertz CT molecular complexity index is 300. The van der Waals surface area contributed by atoms with E-state index in [1.165, 1.54) is 12.1 Å². The summed E-state index contributed by atoms with van der Waals surface area (Å²) in [5, 5.41) is 9.59. The smallest absolute Gasteiger partial charge is 0.123 e. The molecule has 0 aliphatic heterocycles. The van der Waals surface area contributed by atoms with Crippen LogP contribution in [-0.2, 0) is 0 Å². The highest BCUT2D eigenvalue weighted by Gasteiger charge is 2.07. The fraction of sp³-hybridized carbons (Fsp3) is 0.500. The average Bonchev–Trinajstić information content (AvgIpc) is 2.25. The van der Waals surface area contributed by atoms with E-state index in [9.17, 15) is 9.50 Å². The number of hydrogen-bond acceptors (Lipinski definition) is 2. The van der Waals surface area contributed by atoms with E-state index in [1.807, 2.05) is 6.92 Å². The minimum absolute atomic E-state index is 0.241. The molecular weight excluding hydrogens is 275 g/mol. The minimum Gasteiger partial charge on any atom is -0.491 e. The van der Waals surface area contributed by atoms with Crippen LogP contribution >= 0.6 is 15.9 Å². The molecule has 0 saturated heterocycles. The molecule has 0 fully saturated rings. The zero-order valence-corrected chi connectivity index (χ0v) is 10.8. The van der Waals surface area contributed by atoms with Crippen LogP contribution in [0, 0.1) is 5.82 Å². The summed E-state index contributed by atoms with van der Waals surface area (Å²) in [5.41, 5.74) is 0. The van der Waals surface area contributed by atoms with Crippen LogP contribution in [-0.4, -0.2) is 22.6 Å². The first-order valence-electron chi connectivity index (χ1n) is 5.28. The molecule has 0 aliphatic carbocycles. The summed E-state index contributed by atoms with van der Waals surface area (Å²) in [6.07, 6.45) is 1.10. The van der Waals surface area contributed by atoms with Crippen molar-refractivity contribution in [3.63, 3.8) is 0 Å². The standard InChI is InChI=1S/C12H16BrFO2/c1-9(13)2-5-11(15)8-16-12-6-3-10(14)4-7-12/h3-4,6-7,9,11,15H,2,5,8H2,1H3/t9?,11-/m0/s1. The van der Waals surface area contributed by atoms with Gasteiger partial charge in [-0.2, -0.15) is 0 Å². The van der Waals surface area contributed by atoms with Gasteiger partial charge >= 0.3 is 0 Å². The number of rotatable bonds is 6. The molecule has 16 heavy (non-hydrogen) atoms. The molecule has 4 heteroatoms. The van der Waals surface area contributed by atoms with Gasteiger partial charge in [-0.3, -0.25) is 0 Å². The van der Waals surface area contributed by atoms with E-state index in [1.54, 1.807) is 12.1 Å². The van der Waals surface area contributed by atoms with E-state index < -0.39 is 6.10 Å². The zero-order chi connectivity index (χ0) is 12.0. The molecule has 1 aromatic rings. The molecule has 0 saturated carbocycles. The van der Waals surface area contributed by atoms with Gasteiger partial charge in [-0.05, 0) is 37.1 Å². The largest absolute Gasteiger partial charge is 0.491 e. The molecular formula is C12H16BrFO2. The number of halogens is 2. The number of ether oxygens (including phenoxy) is 1. The monoisotopic (exact) mass is 290 g/mol. The van der Waals surface area contributed by atoms with Crippen LogP contribution in [0.4, 0.5) is 4.39 Å². The van der Waals surface area contributed by atoms with Crippen LogP contribution in [0.1, 0.15) is 19.8 Å². The summed E-state index contributed by atoms with van der Waals surface area (Å²) in [5.74, 6) is 0.286. The number of aliphatic hydroxyl groups is 1. The predicted octanol–water partition coefficient (Wildman–Crippen LogP) is 3.13. The van der Waals surface area contributed by atoms with E-state index in [2.05, 4.69) is 15.9 Å². The third-order valence-corrected chi connectivity index (χ3v) is 2.61. The predicted molar refractivity (Wildman–Crippen MR) is 65.5 cm³/mol. The molecule has 1 unspecified atom stereocenters. The topological polar surface area (TPSA) is 29.5 Å². The Morgan fingerprint density at radius 2 is 1.94 bits per heavy atom. The van der Waals surface area contributed by atoms with E-state index >= 15 is 0 Å². The lowest BCUT2D eigenvalue weighted by atomic mass is 10.2. The minimum atomic E-state index is -0.481. The Morgan fingerprint density at radius 1 is 1.31 bits per heavy atom. The molecule has 2 nitrogen and oxygen atoms in total. The van der Waals surface area contributed by atoms with E-state index in [-0.39, 0.29) is 12.4 Å². The van der Waals surface area contributed by atoms with Crippen molar-refractivity contribution < 1.29 is 14.2 Å². The first-order valence-corrected chi connectivity index (χ1v) is 6.20. The first kappa shape index (κ1) is 13.5. The van der Waals surface area contributed by atoms with Crippen molar-refractivity contribution in [2.45, 2.75) is 30.7 Å². The molecule has 0 aliphatic rings. The lowest BCUT2D eigenvalue weighted by Gasteiger charge is -2.12. The van der Waals surface area contributed by atoms with Gasteiger partial charge in [0.15, 0.2) is 0 Å². The summed E-state index contributed by atoms with van der Waals surface area (Å²) in [7, 11) is 0. The molecule has 0 amide bonds. The maximum atomic E-state index is 12.6. The van der Waals surface area contributed by atoms with Gasteiger partial charge in [0, 0.05) is 4.83 Å². The van der Waals surface area contributed by atoms with Crippen molar-refractivity contribution in [3.8, 4) is 5.75 Å². The van der Waals surface area contributed by atoms with Crippen molar-refractivity contribution in [1.29, 1.82) is 0 Å². The Labute approximate surface area is 104 Å². The second-order valence-corrected chi connectivity index (χ2v) is 5.34. The average molecular weight is 291 g/mol. The molecule has 1 aromatic carbocycles. The molecule has 90 valence electrons. The van der Waals surface area contributed by atoms with Crippen molar-refractivity contribution in [2.75, 3.05) is 6.61 Å². The lowest BCUT2D eigenvalue weighted by Crippen LogP contribution is -2.18. The van der Waals surface area contributed by atoms with Crippen LogP contribution in [0.15, 0.2) is 24.3 Å². The highest BCUT2D eigenvalue weighted by molar-refractivity contribution is 9.09. The fourth-order valence-electron chi connectivity index (χ4n) is 1.23. The van der Waals surface area contributed by atoms with Gasteiger partial charge in [0.2, 0.25) is 0 Å². The van der Waals surface area contributed by atoms with Crippen molar-refractivity contribution in [3.05, 3.63) is 30.1 Å². The summed E-state index contributed by atoms with van der Waals surface area (Å²) < 4.78 is 17.9. The first-order chi connectivity index (χ1) is 7.58. The van der Waals surface area contributed by atoms with Crippen molar-refractivity contribution in [2.24, 2.45) is 0 Å². The summed E-state index contributed by atoms with van der Waals surface area (Å²) in [6, 6.07) is 5.77. The van der Waals surface area contributed by atoms with E-state index in [4.69, 9.17) is 4.74 Å². The summed E-state index contributed by atoms with van der Waals surface area (Å²) in [6.45, 7) is 2.28. The quantitative estimate of drug-likeness (QED) is 0.816. The van der Waals surface area contributed by atoms with Crippen molar-refractivity contribution >= 4 is 15.9 Å². The van der Waals surface area contributed by atoms with E-state index in [0.717, 1.165) is 6.42 Å². The number of hydrogen-bond donors (Lipinski definition) is 1. The zero-order valence-electron chi connectivity index (χ0n) is 9.20. The molecule has 0 aromatic heterocycles. The van der Waals surface area contributed by atoms with E-state index in [0.29, 0.717) is 17.0 Å². The van der Waals surface area contributed by atoms with Gasteiger partial charge in [0.25, 0.3) is 0 Å². The molecule has 2 atom stereocenters. The SMILES string of the molecule is CC(Br)CC[C@H](O)COc1ccc(F)cc1. The van der Waals surface area contributed by atoms with Crippen LogP contribution in [0.5, 0.6) is 5.75 Å². The normalized spacial score (nSPS) is 14.5. The third-order valence-electron chi connectivity index (χ3n) is 2.15. The summed E-state index contributed by atoms with van der Waals surface area (Å²) in [4.78, 5) is 0.396. The molecule has 0 heterocycles. The van der Waals surface area contributed by atoms with Gasteiger partial charge in [-0.1, -0.05) is 22.9 Å². The fourth-order valence-corrected chi connectivity index (χ4v) is 1.49. The van der Waals surface area contributed by atoms with Crippen LogP contribution < -0.4 is 4.74 Å².